The van der Waals surface area contributed by atoms with Crippen LogP contribution in [0.25, 0.3) is 0 Å². The third-order valence-electron chi connectivity index (χ3n) is 4.23. The Balaban J connectivity index is 2.18. The Bertz CT molecular complexity index is 649. The van der Waals surface area contributed by atoms with Gasteiger partial charge in [0, 0.05) is 21.8 Å². The van der Waals surface area contributed by atoms with Gasteiger partial charge in [0.05, 0.1) is 4.90 Å². The fraction of sp³-hybridized carbons (Fsp3) is 0.533. The molecule has 4 nitrogen and oxygen atoms in total. The summed E-state index contributed by atoms with van der Waals surface area (Å²) in [5.74, 6) is 0.00628. The quantitative estimate of drug-likeness (QED) is 0.857. The fourth-order valence-corrected chi connectivity index (χ4v) is 3.60. The van der Waals surface area contributed by atoms with E-state index in [2.05, 4.69) is 5.32 Å². The lowest BCUT2D eigenvalue weighted by molar-refractivity contribution is -0.126. The summed E-state index contributed by atoms with van der Waals surface area (Å²) in [6.07, 6.45) is 5.13. The van der Waals surface area contributed by atoms with Crippen molar-refractivity contribution in [3.63, 3.8) is 0 Å². The van der Waals surface area contributed by atoms with Gasteiger partial charge in [0.25, 0.3) is 9.05 Å². The molecule has 1 aromatic rings. The molecule has 6 heteroatoms. The monoisotopic (exact) mass is 329 g/mol. The number of hydrogen-bond acceptors (Lipinski definition) is 3. The van der Waals surface area contributed by atoms with Crippen LogP contribution in [0.2, 0.25) is 0 Å². The van der Waals surface area contributed by atoms with Crippen molar-refractivity contribution >= 4 is 31.3 Å². The lowest BCUT2D eigenvalue weighted by atomic mass is 9.75. The maximum Gasteiger partial charge on any atom is 0.261 e. The minimum atomic E-state index is -3.74. The topological polar surface area (TPSA) is 63.2 Å². The second-order valence-electron chi connectivity index (χ2n) is 5.99. The van der Waals surface area contributed by atoms with Crippen molar-refractivity contribution in [1.82, 2.24) is 0 Å². The molecule has 0 heterocycles. The molecule has 0 bridgehead atoms. The molecule has 1 N–H and O–H groups in total. The number of amides is 1. The molecule has 1 saturated carbocycles. The first-order valence-corrected chi connectivity index (χ1v) is 9.40. The van der Waals surface area contributed by atoms with E-state index in [0.29, 0.717) is 11.3 Å². The van der Waals surface area contributed by atoms with Crippen LogP contribution >= 0.6 is 10.7 Å². The van der Waals surface area contributed by atoms with E-state index in [4.69, 9.17) is 10.7 Å². The standard InChI is InChI=1S/C15H20ClNO3S/c1-11-10-12(21(16,19)20)6-7-13(11)17-14(18)15(2)8-4-3-5-9-15/h6-7,10H,3-5,8-9H2,1-2H3,(H,17,18). The van der Waals surface area contributed by atoms with Gasteiger partial charge in [-0.15, -0.1) is 0 Å². The Morgan fingerprint density at radius 2 is 1.86 bits per heavy atom. The smallest absolute Gasteiger partial charge is 0.261 e. The fourth-order valence-electron chi connectivity index (χ4n) is 2.76. The summed E-state index contributed by atoms with van der Waals surface area (Å²) in [5.41, 5.74) is 0.988. The Morgan fingerprint density at radius 3 is 2.38 bits per heavy atom. The van der Waals surface area contributed by atoms with Crippen LogP contribution in [0.1, 0.15) is 44.6 Å². The van der Waals surface area contributed by atoms with Gasteiger partial charge < -0.3 is 5.32 Å². The second kappa shape index (κ2) is 5.97. The van der Waals surface area contributed by atoms with Crippen LogP contribution in [-0.2, 0) is 13.8 Å². The minimum absolute atomic E-state index is 0.00628. The highest BCUT2D eigenvalue weighted by molar-refractivity contribution is 8.13. The van der Waals surface area contributed by atoms with E-state index in [9.17, 15) is 13.2 Å². The van der Waals surface area contributed by atoms with Crippen molar-refractivity contribution in [3.05, 3.63) is 23.8 Å². The van der Waals surface area contributed by atoms with E-state index in [1.54, 1.807) is 13.0 Å². The van der Waals surface area contributed by atoms with Crippen LogP contribution in [0.4, 0.5) is 5.69 Å². The predicted octanol–water partition coefficient (Wildman–Crippen LogP) is 3.83. The first-order valence-electron chi connectivity index (χ1n) is 7.09. The molecule has 1 amide bonds. The van der Waals surface area contributed by atoms with Crippen molar-refractivity contribution in [1.29, 1.82) is 0 Å². The van der Waals surface area contributed by atoms with Gasteiger partial charge in [0.1, 0.15) is 0 Å². The van der Waals surface area contributed by atoms with Crippen LogP contribution in [-0.4, -0.2) is 14.3 Å². The molecule has 0 aliphatic heterocycles. The van der Waals surface area contributed by atoms with Gasteiger partial charge in [0.2, 0.25) is 5.91 Å². The van der Waals surface area contributed by atoms with Gasteiger partial charge in [-0.05, 0) is 43.5 Å². The predicted molar refractivity (Wildman–Crippen MR) is 84.0 cm³/mol. The molecule has 0 atom stereocenters. The van der Waals surface area contributed by atoms with E-state index in [1.807, 2.05) is 6.92 Å². The molecule has 21 heavy (non-hydrogen) atoms. The van der Waals surface area contributed by atoms with Crippen molar-refractivity contribution < 1.29 is 13.2 Å². The third-order valence-corrected chi connectivity index (χ3v) is 5.58. The average Bonchev–Trinajstić information content (AvgIpc) is 2.40. The van der Waals surface area contributed by atoms with Gasteiger partial charge in [-0.2, -0.15) is 0 Å². The van der Waals surface area contributed by atoms with Gasteiger partial charge in [-0.1, -0.05) is 26.2 Å². The number of hydrogen-bond donors (Lipinski definition) is 1. The van der Waals surface area contributed by atoms with Crippen LogP contribution in [0.5, 0.6) is 0 Å². The highest BCUT2D eigenvalue weighted by Crippen LogP contribution is 2.37. The highest BCUT2D eigenvalue weighted by Gasteiger charge is 2.34. The van der Waals surface area contributed by atoms with E-state index in [1.165, 1.54) is 18.6 Å². The summed E-state index contributed by atoms with van der Waals surface area (Å²) in [6.45, 7) is 3.75. The molecular formula is C15H20ClNO3S. The Kier molecular flexibility index (Phi) is 4.63. The van der Waals surface area contributed by atoms with Crippen LogP contribution in [0, 0.1) is 12.3 Å². The Hall–Kier alpha value is -1.07. The van der Waals surface area contributed by atoms with E-state index >= 15 is 0 Å². The van der Waals surface area contributed by atoms with Gasteiger partial charge in [0.15, 0.2) is 0 Å². The normalized spacial score (nSPS) is 18.2. The number of halogens is 1. The van der Waals surface area contributed by atoms with Crippen molar-refractivity contribution in [3.8, 4) is 0 Å². The van der Waals surface area contributed by atoms with Crippen LogP contribution in [0.15, 0.2) is 23.1 Å². The molecule has 0 saturated heterocycles. The maximum absolute atomic E-state index is 12.5. The number of anilines is 1. The second-order valence-corrected chi connectivity index (χ2v) is 8.56. The lowest BCUT2D eigenvalue weighted by Gasteiger charge is -2.32. The number of nitrogens with one attached hydrogen (secondary N) is 1. The molecule has 0 aromatic heterocycles. The molecule has 1 aliphatic carbocycles. The SMILES string of the molecule is Cc1cc(S(=O)(=O)Cl)ccc1NC(=O)C1(C)CCCCC1. The highest BCUT2D eigenvalue weighted by atomic mass is 35.7. The summed E-state index contributed by atoms with van der Waals surface area (Å²) < 4.78 is 22.6. The van der Waals surface area contributed by atoms with Gasteiger partial charge in [-0.3, -0.25) is 4.79 Å². The van der Waals surface area contributed by atoms with Crippen molar-refractivity contribution in [2.24, 2.45) is 5.41 Å². The molecular weight excluding hydrogens is 310 g/mol. The van der Waals surface area contributed by atoms with Crippen LogP contribution < -0.4 is 5.32 Å². The Morgan fingerprint density at radius 1 is 1.24 bits per heavy atom. The largest absolute Gasteiger partial charge is 0.325 e. The van der Waals surface area contributed by atoms with Gasteiger partial charge in [-0.25, -0.2) is 8.42 Å². The third kappa shape index (κ3) is 3.77. The summed E-state index contributed by atoms with van der Waals surface area (Å²) in [4.78, 5) is 12.5. The molecule has 0 spiro atoms. The number of benzene rings is 1. The summed E-state index contributed by atoms with van der Waals surface area (Å²) >= 11 is 0. The van der Waals surface area contributed by atoms with Crippen molar-refractivity contribution in [2.75, 3.05) is 5.32 Å². The number of rotatable bonds is 3. The molecule has 116 valence electrons. The summed E-state index contributed by atoms with van der Waals surface area (Å²) in [7, 11) is 1.57. The summed E-state index contributed by atoms with van der Waals surface area (Å²) in [6, 6.07) is 4.48. The minimum Gasteiger partial charge on any atom is -0.325 e. The number of carbonyl (C=O) groups is 1. The molecule has 1 aromatic carbocycles. The number of carbonyl (C=O) groups excluding carboxylic acids is 1. The van der Waals surface area contributed by atoms with E-state index < -0.39 is 9.05 Å². The zero-order valence-electron chi connectivity index (χ0n) is 12.3. The van der Waals surface area contributed by atoms with Crippen LogP contribution in [0.3, 0.4) is 0 Å². The molecule has 1 aliphatic rings. The van der Waals surface area contributed by atoms with E-state index in [-0.39, 0.29) is 16.2 Å². The summed E-state index contributed by atoms with van der Waals surface area (Å²) in [5, 5.41) is 2.92. The Labute approximate surface area is 130 Å². The molecule has 1 fully saturated rings. The first kappa shape index (κ1) is 16.3. The van der Waals surface area contributed by atoms with Gasteiger partial charge >= 0.3 is 0 Å². The molecule has 2 rings (SSSR count). The zero-order chi connectivity index (χ0) is 15.7. The van der Waals surface area contributed by atoms with E-state index in [0.717, 1.165) is 25.7 Å². The number of aryl methyl sites for hydroxylation is 1. The average molecular weight is 330 g/mol. The first-order chi connectivity index (χ1) is 9.72. The lowest BCUT2D eigenvalue weighted by Crippen LogP contribution is -2.35. The maximum atomic E-state index is 12.5. The zero-order valence-corrected chi connectivity index (χ0v) is 13.9. The molecule has 0 unspecified atom stereocenters. The van der Waals surface area contributed by atoms with Crippen molar-refractivity contribution in [2.45, 2.75) is 50.8 Å². The molecule has 0 radical (unpaired) electrons.